The van der Waals surface area contributed by atoms with Gasteiger partial charge in [-0.2, -0.15) is 0 Å². The van der Waals surface area contributed by atoms with Crippen molar-refractivity contribution in [2.45, 2.75) is 25.9 Å². The van der Waals surface area contributed by atoms with Gasteiger partial charge in [-0.25, -0.2) is 0 Å². The molecule has 1 aromatic carbocycles. The van der Waals surface area contributed by atoms with Gasteiger partial charge in [0.25, 0.3) is 0 Å². The number of carbonyl (C=O) groups excluding carboxylic acids is 1. The molecule has 0 saturated carbocycles. The first-order valence-corrected chi connectivity index (χ1v) is 7.62. The van der Waals surface area contributed by atoms with Gasteiger partial charge in [0.1, 0.15) is 0 Å². The van der Waals surface area contributed by atoms with Crippen molar-refractivity contribution in [3.05, 3.63) is 33.8 Å². The van der Waals surface area contributed by atoms with E-state index in [9.17, 15) is 4.79 Å². The lowest BCUT2D eigenvalue weighted by atomic mass is 10.2. The molecule has 1 atom stereocenters. The van der Waals surface area contributed by atoms with Crippen LogP contribution in [-0.2, 0) is 16.1 Å². The lowest BCUT2D eigenvalue weighted by molar-refractivity contribution is -0.125. The molecule has 0 spiro atoms. The Kier molecular flexibility index (Phi) is 8.04. The van der Waals surface area contributed by atoms with E-state index < -0.39 is 0 Å². The summed E-state index contributed by atoms with van der Waals surface area (Å²) in [5, 5.41) is 3.96. The van der Waals surface area contributed by atoms with E-state index in [2.05, 4.69) is 5.32 Å². The number of hydrogen-bond acceptors (Lipinski definition) is 3. The molecule has 0 aromatic heterocycles. The third-order valence-corrected chi connectivity index (χ3v) is 4.02. The van der Waals surface area contributed by atoms with E-state index in [4.69, 9.17) is 27.9 Å². The Morgan fingerprint density at radius 2 is 2.10 bits per heavy atom. The zero-order chi connectivity index (χ0) is 15.8. The number of likely N-dealkylation sites (N-methyl/N-ethyl adjacent to an activating group) is 1. The second-order valence-corrected chi connectivity index (χ2v) is 5.79. The van der Waals surface area contributed by atoms with E-state index in [1.54, 1.807) is 13.2 Å². The molecule has 118 valence electrons. The highest BCUT2D eigenvalue weighted by Gasteiger charge is 2.17. The van der Waals surface area contributed by atoms with Gasteiger partial charge in [0.2, 0.25) is 5.91 Å². The van der Waals surface area contributed by atoms with Crippen LogP contribution in [0.15, 0.2) is 18.2 Å². The molecule has 6 heteroatoms. The van der Waals surface area contributed by atoms with E-state index in [1.165, 1.54) is 0 Å². The van der Waals surface area contributed by atoms with Gasteiger partial charge < -0.3 is 10.1 Å². The van der Waals surface area contributed by atoms with E-state index >= 15 is 0 Å². The molecule has 4 nitrogen and oxygen atoms in total. The minimum Gasteiger partial charge on any atom is -0.385 e. The number of ether oxygens (including phenoxy) is 1. The van der Waals surface area contributed by atoms with Gasteiger partial charge in [-0.15, -0.1) is 0 Å². The maximum atomic E-state index is 12.0. The average molecular weight is 333 g/mol. The molecule has 21 heavy (non-hydrogen) atoms. The van der Waals surface area contributed by atoms with Crippen molar-refractivity contribution in [1.29, 1.82) is 0 Å². The van der Waals surface area contributed by atoms with Crippen molar-refractivity contribution >= 4 is 29.1 Å². The molecule has 0 aliphatic rings. The topological polar surface area (TPSA) is 41.6 Å². The predicted molar refractivity (Wildman–Crippen MR) is 86.9 cm³/mol. The molecule has 0 aliphatic carbocycles. The number of methoxy groups -OCH3 is 1. The Morgan fingerprint density at radius 3 is 2.71 bits per heavy atom. The Balaban J connectivity index is 2.47. The maximum Gasteiger partial charge on any atom is 0.237 e. The van der Waals surface area contributed by atoms with Crippen molar-refractivity contribution < 1.29 is 9.53 Å². The fraction of sp³-hybridized carbons (Fsp3) is 0.533. The van der Waals surface area contributed by atoms with Crippen LogP contribution >= 0.6 is 23.2 Å². The molecule has 1 N–H and O–H groups in total. The van der Waals surface area contributed by atoms with Crippen LogP contribution in [0.5, 0.6) is 0 Å². The second-order valence-electron chi connectivity index (χ2n) is 4.98. The third kappa shape index (κ3) is 6.22. The predicted octanol–water partition coefficient (Wildman–Crippen LogP) is 2.97. The summed E-state index contributed by atoms with van der Waals surface area (Å²) in [4.78, 5) is 14.0. The summed E-state index contributed by atoms with van der Waals surface area (Å²) in [6, 6.07) is 5.28. The molecule has 0 saturated heterocycles. The molecule has 1 aromatic rings. The van der Waals surface area contributed by atoms with Crippen LogP contribution in [-0.4, -0.2) is 44.2 Å². The number of amides is 1. The van der Waals surface area contributed by atoms with Gasteiger partial charge in [0, 0.05) is 26.8 Å². The molecule has 1 rings (SSSR count). The third-order valence-electron chi connectivity index (χ3n) is 3.28. The van der Waals surface area contributed by atoms with Crippen LogP contribution in [0, 0.1) is 0 Å². The molecule has 0 fully saturated rings. The molecular weight excluding hydrogens is 311 g/mol. The molecule has 0 bridgehead atoms. The van der Waals surface area contributed by atoms with Crippen LogP contribution in [0.2, 0.25) is 10.0 Å². The average Bonchev–Trinajstić information content (AvgIpc) is 2.46. The standard InChI is InChI=1S/C15H22Cl2N2O2/c1-11(15(20)18-7-4-8-21-3)19(2)10-12-5-6-13(16)14(17)9-12/h5-6,9,11H,4,7-8,10H2,1-3H3,(H,18,20). The molecule has 0 aliphatic heterocycles. The number of rotatable bonds is 8. The van der Waals surface area contributed by atoms with Crippen LogP contribution in [0.4, 0.5) is 0 Å². The van der Waals surface area contributed by atoms with Crippen molar-refractivity contribution in [3.63, 3.8) is 0 Å². The van der Waals surface area contributed by atoms with E-state index in [0.717, 1.165) is 12.0 Å². The van der Waals surface area contributed by atoms with Crippen LogP contribution < -0.4 is 5.32 Å². The van der Waals surface area contributed by atoms with Crippen LogP contribution in [0.3, 0.4) is 0 Å². The highest BCUT2D eigenvalue weighted by molar-refractivity contribution is 6.42. The zero-order valence-electron chi connectivity index (χ0n) is 12.7. The Hall–Kier alpha value is -0.810. The van der Waals surface area contributed by atoms with Gasteiger partial charge in [0.15, 0.2) is 0 Å². The maximum absolute atomic E-state index is 12.0. The summed E-state index contributed by atoms with van der Waals surface area (Å²) in [5.41, 5.74) is 1.02. The molecule has 0 heterocycles. The van der Waals surface area contributed by atoms with Gasteiger partial charge >= 0.3 is 0 Å². The van der Waals surface area contributed by atoms with Gasteiger partial charge in [-0.3, -0.25) is 9.69 Å². The Labute approximate surface area is 136 Å². The Morgan fingerprint density at radius 1 is 1.38 bits per heavy atom. The lowest BCUT2D eigenvalue weighted by Crippen LogP contribution is -2.43. The number of nitrogens with one attached hydrogen (secondary N) is 1. The molecule has 1 unspecified atom stereocenters. The largest absolute Gasteiger partial charge is 0.385 e. The highest BCUT2D eigenvalue weighted by atomic mass is 35.5. The SMILES string of the molecule is COCCCNC(=O)C(C)N(C)Cc1ccc(Cl)c(Cl)c1. The quantitative estimate of drug-likeness (QED) is 0.744. The first-order valence-electron chi connectivity index (χ1n) is 6.86. The van der Waals surface area contributed by atoms with Crippen LogP contribution in [0.1, 0.15) is 18.9 Å². The first kappa shape index (κ1) is 18.2. The monoisotopic (exact) mass is 332 g/mol. The molecular formula is C15H22Cl2N2O2. The second kappa shape index (κ2) is 9.26. The summed E-state index contributed by atoms with van der Waals surface area (Å²) in [7, 11) is 3.55. The fourth-order valence-corrected chi connectivity index (χ4v) is 2.16. The minimum atomic E-state index is -0.220. The minimum absolute atomic E-state index is 0.00802. The van der Waals surface area contributed by atoms with Gasteiger partial charge in [0.05, 0.1) is 16.1 Å². The van der Waals surface area contributed by atoms with Gasteiger partial charge in [-0.05, 0) is 38.1 Å². The lowest BCUT2D eigenvalue weighted by Gasteiger charge is -2.24. The number of hydrogen-bond donors (Lipinski definition) is 1. The molecule has 1 amide bonds. The number of benzene rings is 1. The molecule has 0 radical (unpaired) electrons. The van der Waals surface area contributed by atoms with Crippen molar-refractivity contribution in [2.75, 3.05) is 27.3 Å². The summed E-state index contributed by atoms with van der Waals surface area (Å²) in [6.45, 7) is 3.78. The highest BCUT2D eigenvalue weighted by Crippen LogP contribution is 2.23. The van der Waals surface area contributed by atoms with Crippen LogP contribution in [0.25, 0.3) is 0 Å². The number of carbonyl (C=O) groups is 1. The fourth-order valence-electron chi connectivity index (χ4n) is 1.84. The zero-order valence-corrected chi connectivity index (χ0v) is 14.2. The first-order chi connectivity index (χ1) is 9.95. The number of nitrogens with zero attached hydrogens (tertiary/aromatic N) is 1. The summed E-state index contributed by atoms with van der Waals surface area (Å²) >= 11 is 11.9. The van der Waals surface area contributed by atoms with E-state index in [-0.39, 0.29) is 11.9 Å². The van der Waals surface area contributed by atoms with Crippen molar-refractivity contribution in [3.8, 4) is 0 Å². The smallest absolute Gasteiger partial charge is 0.237 e. The van der Waals surface area contributed by atoms with Crippen molar-refractivity contribution in [1.82, 2.24) is 10.2 Å². The van der Waals surface area contributed by atoms with E-state index in [1.807, 2.05) is 31.0 Å². The Bertz CT molecular complexity index is 469. The number of halogens is 2. The summed E-state index contributed by atoms with van der Waals surface area (Å²) < 4.78 is 4.95. The van der Waals surface area contributed by atoms with Gasteiger partial charge in [-0.1, -0.05) is 29.3 Å². The summed E-state index contributed by atoms with van der Waals surface area (Å²) in [5.74, 6) is 0.00802. The van der Waals surface area contributed by atoms with Crippen molar-refractivity contribution in [2.24, 2.45) is 0 Å². The normalized spacial score (nSPS) is 12.5. The van der Waals surface area contributed by atoms with E-state index in [0.29, 0.717) is 29.7 Å². The summed E-state index contributed by atoms with van der Waals surface area (Å²) in [6.07, 6.45) is 0.811.